The van der Waals surface area contributed by atoms with Crippen molar-refractivity contribution in [3.05, 3.63) is 53.8 Å². The molecule has 0 fully saturated rings. The molecular formula is C15H12FN2O3PS. The molecule has 23 heavy (non-hydrogen) atoms. The van der Waals surface area contributed by atoms with Gasteiger partial charge in [-0.15, -0.1) is 0 Å². The van der Waals surface area contributed by atoms with Crippen LogP contribution in [0.2, 0.25) is 0 Å². The third-order valence-corrected chi connectivity index (χ3v) is 4.42. The maximum absolute atomic E-state index is 13.0. The quantitative estimate of drug-likeness (QED) is 0.512. The Morgan fingerprint density at radius 3 is 2.74 bits per heavy atom. The van der Waals surface area contributed by atoms with Gasteiger partial charge in [-0.25, -0.2) is 13.9 Å². The number of thiazole rings is 1. The van der Waals surface area contributed by atoms with Gasteiger partial charge in [0.2, 0.25) is 0 Å². The van der Waals surface area contributed by atoms with Crippen LogP contribution in [0.15, 0.2) is 42.5 Å². The Balaban J connectivity index is 1.87. The van der Waals surface area contributed by atoms with Crippen molar-refractivity contribution in [1.29, 1.82) is 0 Å². The van der Waals surface area contributed by atoms with Crippen LogP contribution >= 0.6 is 20.0 Å². The second-order valence-corrected chi connectivity index (χ2v) is 6.00. The SMILES string of the molecule is COc1ccc2nc(NC(OP=O)c3ccc(F)cc3)sc2c1. The molecule has 0 aliphatic carbocycles. The third-order valence-electron chi connectivity index (χ3n) is 3.17. The van der Waals surface area contributed by atoms with E-state index in [1.807, 2.05) is 18.2 Å². The number of nitrogens with zero attached hydrogens (tertiary/aromatic N) is 1. The van der Waals surface area contributed by atoms with Gasteiger partial charge in [-0.2, -0.15) is 0 Å². The maximum atomic E-state index is 13.0. The molecule has 2 aromatic carbocycles. The van der Waals surface area contributed by atoms with Crippen molar-refractivity contribution < 1.29 is 18.2 Å². The van der Waals surface area contributed by atoms with E-state index in [1.54, 1.807) is 19.2 Å². The molecule has 0 spiro atoms. The number of halogens is 1. The number of rotatable bonds is 6. The minimum absolute atomic E-state index is 0.348. The molecule has 1 heterocycles. The minimum Gasteiger partial charge on any atom is -0.497 e. The molecule has 1 aromatic heterocycles. The summed E-state index contributed by atoms with van der Waals surface area (Å²) in [6.07, 6.45) is -0.697. The van der Waals surface area contributed by atoms with Crippen molar-refractivity contribution in [2.24, 2.45) is 0 Å². The maximum Gasteiger partial charge on any atom is 0.329 e. The van der Waals surface area contributed by atoms with E-state index in [1.165, 1.54) is 23.5 Å². The normalized spacial score (nSPS) is 12.4. The topological polar surface area (TPSA) is 60.4 Å². The van der Waals surface area contributed by atoms with Crippen LogP contribution in [0.5, 0.6) is 5.75 Å². The predicted molar refractivity (Wildman–Crippen MR) is 87.6 cm³/mol. The minimum atomic E-state index is -0.697. The number of benzene rings is 2. The summed E-state index contributed by atoms with van der Waals surface area (Å²) in [6, 6.07) is 11.3. The van der Waals surface area contributed by atoms with Crippen LogP contribution in [0.3, 0.4) is 0 Å². The lowest BCUT2D eigenvalue weighted by Crippen LogP contribution is -2.10. The fraction of sp³-hybridized carbons (Fsp3) is 0.133. The van der Waals surface area contributed by atoms with Crippen LogP contribution in [-0.2, 0) is 9.09 Å². The number of hydrogen-bond acceptors (Lipinski definition) is 6. The van der Waals surface area contributed by atoms with E-state index in [4.69, 9.17) is 9.26 Å². The lowest BCUT2D eigenvalue weighted by Gasteiger charge is -2.14. The van der Waals surface area contributed by atoms with Gasteiger partial charge in [-0.3, -0.25) is 4.52 Å². The largest absolute Gasteiger partial charge is 0.497 e. The first-order chi connectivity index (χ1) is 11.2. The van der Waals surface area contributed by atoms with E-state index >= 15 is 0 Å². The number of aromatic nitrogens is 1. The van der Waals surface area contributed by atoms with Crippen LogP contribution in [0.1, 0.15) is 11.8 Å². The van der Waals surface area contributed by atoms with E-state index in [9.17, 15) is 8.96 Å². The number of ether oxygens (including phenoxy) is 1. The Hall–Kier alpha value is -2.08. The van der Waals surface area contributed by atoms with Gasteiger partial charge < -0.3 is 10.1 Å². The molecule has 8 heteroatoms. The summed E-state index contributed by atoms with van der Waals surface area (Å²) < 4.78 is 35.1. The molecule has 0 bridgehead atoms. The average Bonchev–Trinajstić information content (AvgIpc) is 2.96. The van der Waals surface area contributed by atoms with Gasteiger partial charge in [-0.05, 0) is 30.3 Å². The van der Waals surface area contributed by atoms with Crippen LogP contribution in [-0.4, -0.2) is 12.1 Å². The smallest absolute Gasteiger partial charge is 0.329 e. The number of methoxy groups -OCH3 is 1. The molecular weight excluding hydrogens is 338 g/mol. The zero-order valence-corrected chi connectivity index (χ0v) is 13.7. The molecule has 118 valence electrons. The highest BCUT2D eigenvalue weighted by atomic mass is 32.1. The lowest BCUT2D eigenvalue weighted by atomic mass is 10.2. The van der Waals surface area contributed by atoms with Crippen LogP contribution in [0.4, 0.5) is 9.52 Å². The molecule has 1 unspecified atom stereocenters. The van der Waals surface area contributed by atoms with Gasteiger partial charge in [0, 0.05) is 5.56 Å². The number of fused-ring (bicyclic) bond motifs is 1. The highest BCUT2D eigenvalue weighted by molar-refractivity contribution is 7.22. The highest BCUT2D eigenvalue weighted by Gasteiger charge is 2.15. The van der Waals surface area contributed by atoms with Crippen LogP contribution in [0, 0.1) is 5.82 Å². The van der Waals surface area contributed by atoms with Gasteiger partial charge in [0.15, 0.2) is 11.4 Å². The summed E-state index contributed by atoms with van der Waals surface area (Å²) in [7, 11) is 1.13. The third kappa shape index (κ3) is 3.64. The Morgan fingerprint density at radius 1 is 1.26 bits per heavy atom. The summed E-state index contributed by atoms with van der Waals surface area (Å²) in [5.41, 5.74) is 1.46. The molecule has 1 atom stereocenters. The monoisotopic (exact) mass is 350 g/mol. The second kappa shape index (κ2) is 7.00. The summed E-state index contributed by atoms with van der Waals surface area (Å²) in [6.45, 7) is 0. The second-order valence-electron chi connectivity index (χ2n) is 4.61. The molecule has 0 aliphatic rings. The van der Waals surface area contributed by atoms with Crippen molar-refractivity contribution in [1.82, 2.24) is 4.98 Å². The molecule has 3 rings (SSSR count). The first-order valence-electron chi connectivity index (χ1n) is 6.64. The van der Waals surface area contributed by atoms with Crippen LogP contribution in [0.25, 0.3) is 10.2 Å². The summed E-state index contributed by atoms with van der Waals surface area (Å²) >= 11 is 1.42. The van der Waals surface area contributed by atoms with Crippen molar-refractivity contribution in [2.75, 3.05) is 12.4 Å². The van der Waals surface area contributed by atoms with E-state index in [-0.39, 0.29) is 5.82 Å². The predicted octanol–water partition coefficient (Wildman–Crippen LogP) is 4.78. The van der Waals surface area contributed by atoms with Gasteiger partial charge >= 0.3 is 8.69 Å². The number of hydrogen-bond donors (Lipinski definition) is 1. The standard InChI is InChI=1S/C15H12FN2O3PS/c1-20-11-6-7-12-13(8-11)23-15(17-12)18-14(21-22-19)9-2-4-10(16)5-3-9/h2-8,14H,1H3,(H,17,18). The van der Waals surface area contributed by atoms with Crippen molar-refractivity contribution in [3.8, 4) is 5.75 Å². The zero-order valence-electron chi connectivity index (χ0n) is 12.0. The molecule has 0 radical (unpaired) electrons. The molecule has 0 aliphatic heterocycles. The van der Waals surface area contributed by atoms with Gasteiger partial charge in [0.25, 0.3) is 0 Å². The summed E-state index contributed by atoms with van der Waals surface area (Å²) in [4.78, 5) is 4.45. The Bertz CT molecular complexity index is 825. The first-order valence-corrected chi connectivity index (χ1v) is 8.19. The fourth-order valence-corrected chi connectivity index (χ4v) is 3.23. The first kappa shape index (κ1) is 15.8. The van der Waals surface area contributed by atoms with E-state index in [2.05, 4.69) is 10.3 Å². The number of anilines is 1. The Morgan fingerprint density at radius 2 is 2.04 bits per heavy atom. The zero-order chi connectivity index (χ0) is 16.2. The highest BCUT2D eigenvalue weighted by Crippen LogP contribution is 2.32. The summed E-state index contributed by atoms with van der Waals surface area (Å²) in [5, 5.41) is 3.66. The number of nitrogens with one attached hydrogen (secondary N) is 1. The molecule has 0 amide bonds. The van der Waals surface area contributed by atoms with Crippen molar-refractivity contribution in [3.63, 3.8) is 0 Å². The van der Waals surface area contributed by atoms with E-state index < -0.39 is 14.9 Å². The van der Waals surface area contributed by atoms with Gasteiger partial charge in [0.05, 0.1) is 17.3 Å². The van der Waals surface area contributed by atoms with Gasteiger partial charge in [0.1, 0.15) is 11.6 Å². The summed E-state index contributed by atoms with van der Waals surface area (Å²) in [5.74, 6) is 0.399. The lowest BCUT2D eigenvalue weighted by molar-refractivity contribution is 0.260. The van der Waals surface area contributed by atoms with E-state index in [0.29, 0.717) is 10.7 Å². The van der Waals surface area contributed by atoms with Crippen molar-refractivity contribution >= 4 is 35.4 Å². The average molecular weight is 350 g/mol. The molecule has 1 N–H and O–H groups in total. The fourth-order valence-electron chi connectivity index (χ4n) is 2.06. The Labute approximate surface area is 137 Å². The molecule has 0 saturated carbocycles. The van der Waals surface area contributed by atoms with Gasteiger partial charge in [-0.1, -0.05) is 23.5 Å². The van der Waals surface area contributed by atoms with E-state index in [0.717, 1.165) is 16.0 Å². The molecule has 3 aromatic rings. The molecule has 0 saturated heterocycles. The van der Waals surface area contributed by atoms with Crippen LogP contribution < -0.4 is 10.1 Å². The van der Waals surface area contributed by atoms with Crippen molar-refractivity contribution in [2.45, 2.75) is 6.23 Å². The molecule has 5 nitrogen and oxygen atoms in total. The Kier molecular flexibility index (Phi) is 4.81.